The zero-order valence-electron chi connectivity index (χ0n) is 11.9. The summed E-state index contributed by atoms with van der Waals surface area (Å²) in [5.41, 5.74) is 2.09. The molecule has 1 saturated heterocycles. The lowest BCUT2D eigenvalue weighted by molar-refractivity contribution is 0.282. The van der Waals surface area contributed by atoms with Crippen molar-refractivity contribution < 1.29 is 5.11 Å². The Bertz CT molecular complexity index is 381. The fourth-order valence-electron chi connectivity index (χ4n) is 2.86. The van der Waals surface area contributed by atoms with Crippen molar-refractivity contribution in [2.24, 2.45) is 0 Å². The minimum Gasteiger partial charge on any atom is -0.392 e. The van der Waals surface area contributed by atoms with Gasteiger partial charge in [-0.05, 0) is 44.8 Å². The first kappa shape index (κ1) is 14.4. The van der Waals surface area contributed by atoms with Crippen molar-refractivity contribution in [1.29, 1.82) is 0 Å². The van der Waals surface area contributed by atoms with Crippen LogP contribution in [0.2, 0.25) is 0 Å². The van der Waals surface area contributed by atoms with Crippen LogP contribution in [0.4, 0.5) is 5.69 Å². The highest BCUT2D eigenvalue weighted by atomic mass is 16.3. The van der Waals surface area contributed by atoms with Crippen LogP contribution in [0.3, 0.4) is 0 Å². The van der Waals surface area contributed by atoms with Gasteiger partial charge in [-0.15, -0.1) is 0 Å². The van der Waals surface area contributed by atoms with Gasteiger partial charge in [0.05, 0.1) is 6.61 Å². The highest BCUT2D eigenvalue weighted by Crippen LogP contribution is 2.20. The van der Waals surface area contributed by atoms with Crippen molar-refractivity contribution in [3.63, 3.8) is 0 Å². The summed E-state index contributed by atoms with van der Waals surface area (Å²) in [6, 6.07) is 8.60. The number of hydrogen-bond donors (Lipinski definition) is 2. The van der Waals surface area contributed by atoms with Gasteiger partial charge in [0, 0.05) is 23.8 Å². The zero-order chi connectivity index (χ0) is 13.5. The standard InChI is InChI=1S/C16H26N2O/c1-2-10-18-11-5-7-15(9-12-18)17-16-8-4-3-6-14(16)13-19/h3-4,6,8,15,17,19H,2,5,7,9-13H2,1H3. The molecule has 106 valence electrons. The maximum atomic E-state index is 9.37. The third-order valence-corrected chi connectivity index (χ3v) is 3.91. The van der Waals surface area contributed by atoms with Gasteiger partial charge in [0.2, 0.25) is 0 Å². The molecule has 2 rings (SSSR count). The van der Waals surface area contributed by atoms with Gasteiger partial charge in [-0.25, -0.2) is 0 Å². The van der Waals surface area contributed by atoms with Crippen molar-refractivity contribution in [2.75, 3.05) is 25.0 Å². The van der Waals surface area contributed by atoms with Gasteiger partial charge in [0.25, 0.3) is 0 Å². The highest BCUT2D eigenvalue weighted by molar-refractivity contribution is 5.51. The van der Waals surface area contributed by atoms with Crippen LogP contribution in [0, 0.1) is 0 Å². The average molecular weight is 262 g/mol. The molecule has 1 heterocycles. The third-order valence-electron chi connectivity index (χ3n) is 3.91. The topological polar surface area (TPSA) is 35.5 Å². The number of nitrogens with zero attached hydrogens (tertiary/aromatic N) is 1. The molecular formula is C16H26N2O. The van der Waals surface area contributed by atoms with Gasteiger partial charge >= 0.3 is 0 Å². The second-order valence-corrected chi connectivity index (χ2v) is 5.43. The van der Waals surface area contributed by atoms with Gasteiger partial charge in [-0.2, -0.15) is 0 Å². The number of anilines is 1. The molecule has 2 N–H and O–H groups in total. The van der Waals surface area contributed by atoms with Crippen LogP contribution in [-0.4, -0.2) is 35.7 Å². The minimum absolute atomic E-state index is 0.109. The van der Waals surface area contributed by atoms with Crippen LogP contribution < -0.4 is 5.32 Å². The molecule has 0 aromatic heterocycles. The van der Waals surface area contributed by atoms with E-state index in [9.17, 15) is 5.11 Å². The van der Waals surface area contributed by atoms with Crippen LogP contribution in [-0.2, 0) is 6.61 Å². The van der Waals surface area contributed by atoms with E-state index in [1.807, 2.05) is 18.2 Å². The molecule has 0 bridgehead atoms. The van der Waals surface area contributed by atoms with Gasteiger partial charge < -0.3 is 15.3 Å². The number of para-hydroxylation sites is 1. The molecular weight excluding hydrogens is 236 g/mol. The van der Waals surface area contributed by atoms with E-state index >= 15 is 0 Å². The number of rotatable bonds is 5. The van der Waals surface area contributed by atoms with E-state index in [0.717, 1.165) is 11.3 Å². The Morgan fingerprint density at radius 3 is 2.89 bits per heavy atom. The second kappa shape index (κ2) is 7.51. The van der Waals surface area contributed by atoms with E-state index in [1.54, 1.807) is 0 Å². The predicted octanol–water partition coefficient (Wildman–Crippen LogP) is 2.86. The largest absolute Gasteiger partial charge is 0.392 e. The molecule has 0 saturated carbocycles. The van der Waals surface area contributed by atoms with Crippen molar-refractivity contribution in [3.05, 3.63) is 29.8 Å². The van der Waals surface area contributed by atoms with Gasteiger partial charge in [-0.3, -0.25) is 0 Å². The Hall–Kier alpha value is -1.06. The number of nitrogens with one attached hydrogen (secondary N) is 1. The second-order valence-electron chi connectivity index (χ2n) is 5.43. The molecule has 0 aliphatic carbocycles. The molecule has 1 aliphatic rings. The Kier molecular flexibility index (Phi) is 5.67. The molecule has 1 atom stereocenters. The van der Waals surface area contributed by atoms with Gasteiger partial charge in [-0.1, -0.05) is 25.1 Å². The summed E-state index contributed by atoms with van der Waals surface area (Å²) >= 11 is 0. The molecule has 1 aromatic carbocycles. The Balaban J connectivity index is 1.92. The number of benzene rings is 1. The minimum atomic E-state index is 0.109. The monoisotopic (exact) mass is 262 g/mol. The predicted molar refractivity (Wildman–Crippen MR) is 80.4 cm³/mol. The summed E-state index contributed by atoms with van der Waals surface area (Å²) in [5.74, 6) is 0. The lowest BCUT2D eigenvalue weighted by atomic mass is 10.1. The molecule has 0 amide bonds. The molecule has 1 unspecified atom stereocenters. The molecule has 3 nitrogen and oxygen atoms in total. The van der Waals surface area contributed by atoms with E-state index < -0.39 is 0 Å². The van der Waals surface area contributed by atoms with Crippen LogP contribution in [0.25, 0.3) is 0 Å². The number of aliphatic hydroxyl groups is 1. The van der Waals surface area contributed by atoms with Crippen molar-refractivity contribution in [2.45, 2.75) is 45.3 Å². The Morgan fingerprint density at radius 2 is 2.11 bits per heavy atom. The maximum Gasteiger partial charge on any atom is 0.0701 e. The number of likely N-dealkylation sites (tertiary alicyclic amines) is 1. The maximum absolute atomic E-state index is 9.37. The first-order chi connectivity index (χ1) is 9.33. The lowest BCUT2D eigenvalue weighted by Gasteiger charge is -2.21. The molecule has 1 aliphatic heterocycles. The van der Waals surface area contributed by atoms with E-state index in [1.165, 1.54) is 45.3 Å². The molecule has 1 aromatic rings. The summed E-state index contributed by atoms with van der Waals surface area (Å²) < 4.78 is 0. The normalized spacial score (nSPS) is 21.1. The van der Waals surface area contributed by atoms with Crippen LogP contribution in [0.1, 0.15) is 38.2 Å². The van der Waals surface area contributed by atoms with Crippen molar-refractivity contribution >= 4 is 5.69 Å². The summed E-state index contributed by atoms with van der Waals surface area (Å²) in [4.78, 5) is 2.57. The summed E-state index contributed by atoms with van der Waals surface area (Å²) in [7, 11) is 0. The third kappa shape index (κ3) is 4.22. The zero-order valence-corrected chi connectivity index (χ0v) is 11.9. The van der Waals surface area contributed by atoms with Crippen LogP contribution in [0.15, 0.2) is 24.3 Å². The van der Waals surface area contributed by atoms with Crippen molar-refractivity contribution in [3.8, 4) is 0 Å². The smallest absolute Gasteiger partial charge is 0.0701 e. The summed E-state index contributed by atoms with van der Waals surface area (Å²) in [6.07, 6.45) is 4.92. The molecule has 1 fully saturated rings. The fraction of sp³-hybridized carbons (Fsp3) is 0.625. The quantitative estimate of drug-likeness (QED) is 0.856. The molecule has 0 radical (unpaired) electrons. The van der Waals surface area contributed by atoms with E-state index in [0.29, 0.717) is 6.04 Å². The Morgan fingerprint density at radius 1 is 1.26 bits per heavy atom. The van der Waals surface area contributed by atoms with Crippen LogP contribution >= 0.6 is 0 Å². The van der Waals surface area contributed by atoms with E-state index in [2.05, 4.69) is 23.2 Å². The molecule has 3 heteroatoms. The summed E-state index contributed by atoms with van der Waals surface area (Å²) in [5, 5.41) is 13.0. The van der Waals surface area contributed by atoms with Crippen LogP contribution in [0.5, 0.6) is 0 Å². The Labute approximate surface area is 116 Å². The molecule has 0 spiro atoms. The highest BCUT2D eigenvalue weighted by Gasteiger charge is 2.16. The van der Waals surface area contributed by atoms with Crippen molar-refractivity contribution in [1.82, 2.24) is 4.90 Å². The fourth-order valence-corrected chi connectivity index (χ4v) is 2.86. The number of hydrogen-bond acceptors (Lipinski definition) is 3. The average Bonchev–Trinajstić information content (AvgIpc) is 2.66. The van der Waals surface area contributed by atoms with Gasteiger partial charge in [0.1, 0.15) is 0 Å². The van der Waals surface area contributed by atoms with E-state index in [-0.39, 0.29) is 6.61 Å². The first-order valence-corrected chi connectivity index (χ1v) is 7.51. The first-order valence-electron chi connectivity index (χ1n) is 7.51. The number of aliphatic hydroxyl groups excluding tert-OH is 1. The summed E-state index contributed by atoms with van der Waals surface area (Å²) in [6.45, 7) is 6.00. The van der Waals surface area contributed by atoms with Gasteiger partial charge in [0.15, 0.2) is 0 Å². The van der Waals surface area contributed by atoms with E-state index in [4.69, 9.17) is 0 Å². The SMILES string of the molecule is CCCN1CCCC(Nc2ccccc2CO)CC1. The molecule has 19 heavy (non-hydrogen) atoms. The lowest BCUT2D eigenvalue weighted by Crippen LogP contribution is -2.27.